The van der Waals surface area contributed by atoms with Crippen LogP contribution in [-0.4, -0.2) is 22.5 Å². The summed E-state index contributed by atoms with van der Waals surface area (Å²) in [5, 5.41) is 5.74. The number of aromatic nitrogens is 1. The molecule has 0 aromatic carbocycles. The maximum Gasteiger partial charge on any atom is 0.433 e. The lowest BCUT2D eigenvalue weighted by Gasteiger charge is -2.17. The van der Waals surface area contributed by atoms with E-state index in [4.69, 9.17) is 0 Å². The number of nitrogens with zero attached hydrogens (tertiary/aromatic N) is 1. The Bertz CT molecular complexity index is 602. The number of rotatable bonds is 2. The molecule has 0 radical (unpaired) electrons. The molecule has 0 bridgehead atoms. The molecule has 2 N–H and O–H groups in total. The molecule has 4 nitrogen and oxygen atoms in total. The van der Waals surface area contributed by atoms with E-state index in [1.165, 1.54) is 6.07 Å². The van der Waals surface area contributed by atoms with E-state index in [1.807, 2.05) is 0 Å². The Morgan fingerprint density at radius 3 is 2.76 bits per heavy atom. The number of hydrogen-bond acceptors (Lipinski definition) is 3. The van der Waals surface area contributed by atoms with Crippen molar-refractivity contribution >= 4 is 11.7 Å². The van der Waals surface area contributed by atoms with Crippen LogP contribution in [0.5, 0.6) is 0 Å². The van der Waals surface area contributed by atoms with Crippen molar-refractivity contribution in [2.75, 3.05) is 5.32 Å². The average molecular weight is 299 g/mol. The first-order chi connectivity index (χ1) is 9.69. The second-order valence-corrected chi connectivity index (χ2v) is 6.10. The number of halogens is 3. The van der Waals surface area contributed by atoms with E-state index in [9.17, 15) is 18.0 Å². The topological polar surface area (TPSA) is 54.0 Å². The van der Waals surface area contributed by atoms with Crippen molar-refractivity contribution in [2.45, 2.75) is 44.4 Å². The SMILES string of the molecule is Cc1ccc(C(F)(F)F)nc1NC(=O)C1CC2CC2(C)N1. The van der Waals surface area contributed by atoms with Crippen LogP contribution in [0.2, 0.25) is 0 Å². The number of piperidine rings is 1. The van der Waals surface area contributed by atoms with Gasteiger partial charge in [0.25, 0.3) is 0 Å². The van der Waals surface area contributed by atoms with Gasteiger partial charge in [0.1, 0.15) is 11.5 Å². The molecule has 21 heavy (non-hydrogen) atoms. The van der Waals surface area contributed by atoms with Gasteiger partial charge < -0.3 is 10.6 Å². The zero-order valence-corrected chi connectivity index (χ0v) is 11.7. The van der Waals surface area contributed by atoms with Crippen LogP contribution < -0.4 is 10.6 Å². The van der Waals surface area contributed by atoms with Gasteiger partial charge in [0.15, 0.2) is 0 Å². The van der Waals surface area contributed by atoms with E-state index >= 15 is 0 Å². The Labute approximate surface area is 120 Å². The molecule has 1 saturated heterocycles. The molecule has 2 heterocycles. The minimum absolute atomic E-state index is 0.0256. The van der Waals surface area contributed by atoms with Gasteiger partial charge in [-0.25, -0.2) is 4.98 Å². The van der Waals surface area contributed by atoms with E-state index in [0.29, 0.717) is 11.5 Å². The minimum atomic E-state index is -4.52. The van der Waals surface area contributed by atoms with Crippen molar-refractivity contribution < 1.29 is 18.0 Å². The quantitative estimate of drug-likeness (QED) is 0.882. The third-order valence-corrected chi connectivity index (χ3v) is 4.38. The van der Waals surface area contributed by atoms with Crippen molar-refractivity contribution in [3.8, 4) is 0 Å². The largest absolute Gasteiger partial charge is 0.433 e. The Hall–Kier alpha value is -1.63. The molecule has 7 heteroatoms. The van der Waals surface area contributed by atoms with Gasteiger partial charge >= 0.3 is 6.18 Å². The molecule has 2 fully saturated rings. The summed E-state index contributed by atoms with van der Waals surface area (Å²) in [7, 11) is 0. The van der Waals surface area contributed by atoms with E-state index in [0.717, 1.165) is 18.9 Å². The highest BCUT2D eigenvalue weighted by atomic mass is 19.4. The molecular weight excluding hydrogens is 283 g/mol. The summed E-state index contributed by atoms with van der Waals surface area (Å²) in [5.41, 5.74) is -0.471. The van der Waals surface area contributed by atoms with Gasteiger partial charge in [0.2, 0.25) is 5.91 Å². The fraction of sp³-hybridized carbons (Fsp3) is 0.571. The minimum Gasteiger partial charge on any atom is -0.309 e. The van der Waals surface area contributed by atoms with E-state index in [-0.39, 0.29) is 23.3 Å². The van der Waals surface area contributed by atoms with Crippen LogP contribution in [0.3, 0.4) is 0 Å². The summed E-state index contributed by atoms with van der Waals surface area (Å²) in [4.78, 5) is 15.7. The van der Waals surface area contributed by atoms with E-state index < -0.39 is 11.9 Å². The molecule has 1 amide bonds. The average Bonchev–Trinajstić information content (AvgIpc) is 2.88. The van der Waals surface area contributed by atoms with Gasteiger partial charge in [-0.15, -0.1) is 0 Å². The number of carbonyl (C=O) groups is 1. The highest BCUT2D eigenvalue weighted by Gasteiger charge is 2.57. The lowest BCUT2D eigenvalue weighted by atomic mass is 10.1. The van der Waals surface area contributed by atoms with Crippen LogP contribution in [0.25, 0.3) is 0 Å². The number of amides is 1. The molecule has 3 rings (SSSR count). The summed E-state index contributed by atoms with van der Waals surface area (Å²) in [6.45, 7) is 3.67. The van der Waals surface area contributed by atoms with Gasteiger partial charge in [-0.3, -0.25) is 4.79 Å². The smallest absolute Gasteiger partial charge is 0.309 e. The van der Waals surface area contributed by atoms with Crippen molar-refractivity contribution in [1.29, 1.82) is 0 Å². The Balaban J connectivity index is 1.74. The zero-order chi connectivity index (χ0) is 15.4. The number of carbonyl (C=O) groups excluding carboxylic acids is 1. The highest BCUT2D eigenvalue weighted by molar-refractivity contribution is 5.95. The molecule has 1 aromatic heterocycles. The number of fused-ring (bicyclic) bond motifs is 1. The van der Waals surface area contributed by atoms with Gasteiger partial charge in [-0.1, -0.05) is 6.07 Å². The zero-order valence-electron chi connectivity index (χ0n) is 11.7. The maximum atomic E-state index is 12.7. The number of aryl methyl sites for hydroxylation is 1. The molecule has 1 aliphatic heterocycles. The molecule has 1 aromatic rings. The number of hydrogen-bond donors (Lipinski definition) is 2. The number of pyridine rings is 1. The van der Waals surface area contributed by atoms with Crippen LogP contribution in [0, 0.1) is 12.8 Å². The van der Waals surface area contributed by atoms with E-state index in [2.05, 4.69) is 22.5 Å². The predicted molar refractivity (Wildman–Crippen MR) is 70.7 cm³/mol. The summed E-state index contributed by atoms with van der Waals surface area (Å²) in [5.74, 6) is 0.143. The van der Waals surface area contributed by atoms with Gasteiger partial charge in [0.05, 0.1) is 6.04 Å². The van der Waals surface area contributed by atoms with Gasteiger partial charge in [0, 0.05) is 5.54 Å². The molecule has 3 unspecified atom stereocenters. The number of alkyl halides is 3. The van der Waals surface area contributed by atoms with Crippen LogP contribution >= 0.6 is 0 Å². The maximum absolute atomic E-state index is 12.7. The lowest BCUT2D eigenvalue weighted by molar-refractivity contribution is -0.141. The molecular formula is C14H16F3N3O. The standard InChI is InChI=1S/C14H16F3N3O/c1-7-3-4-10(14(15,16)17)18-11(7)19-12(21)9-5-8-6-13(8,2)20-9/h3-4,8-9,20H,5-6H2,1-2H3,(H,18,19,21). The summed E-state index contributed by atoms with van der Waals surface area (Å²) in [6.07, 6.45) is -2.74. The van der Waals surface area contributed by atoms with Crippen molar-refractivity contribution in [2.24, 2.45) is 5.92 Å². The van der Waals surface area contributed by atoms with Gasteiger partial charge in [-0.2, -0.15) is 13.2 Å². The van der Waals surface area contributed by atoms with Gasteiger partial charge in [-0.05, 0) is 44.2 Å². The van der Waals surface area contributed by atoms with Crippen molar-refractivity contribution in [3.63, 3.8) is 0 Å². The van der Waals surface area contributed by atoms with Crippen molar-refractivity contribution in [3.05, 3.63) is 23.4 Å². The van der Waals surface area contributed by atoms with Crippen LogP contribution in [0.15, 0.2) is 12.1 Å². The highest BCUT2D eigenvalue weighted by Crippen LogP contribution is 2.51. The third-order valence-electron chi connectivity index (χ3n) is 4.38. The summed E-state index contributed by atoms with van der Waals surface area (Å²) >= 11 is 0. The molecule has 2 aliphatic rings. The van der Waals surface area contributed by atoms with Crippen LogP contribution in [-0.2, 0) is 11.0 Å². The summed E-state index contributed by atoms with van der Waals surface area (Å²) in [6, 6.07) is 1.87. The fourth-order valence-corrected chi connectivity index (χ4v) is 2.90. The molecule has 0 spiro atoms. The number of nitrogens with one attached hydrogen (secondary N) is 2. The number of anilines is 1. The molecule has 1 saturated carbocycles. The van der Waals surface area contributed by atoms with E-state index in [1.54, 1.807) is 6.92 Å². The first-order valence-corrected chi connectivity index (χ1v) is 6.82. The lowest BCUT2D eigenvalue weighted by Crippen LogP contribution is -2.41. The predicted octanol–water partition coefficient (Wildman–Crippen LogP) is 2.49. The van der Waals surface area contributed by atoms with Crippen molar-refractivity contribution in [1.82, 2.24) is 10.3 Å². The monoisotopic (exact) mass is 299 g/mol. The van der Waals surface area contributed by atoms with Crippen LogP contribution in [0.1, 0.15) is 31.0 Å². The molecule has 114 valence electrons. The summed E-state index contributed by atoms with van der Waals surface area (Å²) < 4.78 is 38.0. The second-order valence-electron chi connectivity index (χ2n) is 6.10. The molecule has 1 aliphatic carbocycles. The van der Waals surface area contributed by atoms with Crippen LogP contribution in [0.4, 0.5) is 19.0 Å². The Morgan fingerprint density at radius 1 is 1.48 bits per heavy atom. The normalized spacial score (nSPS) is 30.9. The third kappa shape index (κ3) is 2.62. The second kappa shape index (κ2) is 4.43. The Kier molecular flexibility index (Phi) is 3.02. The Morgan fingerprint density at radius 2 is 2.19 bits per heavy atom. The molecule has 3 atom stereocenters. The first-order valence-electron chi connectivity index (χ1n) is 6.82. The first kappa shape index (κ1) is 14.3. The fourth-order valence-electron chi connectivity index (χ4n) is 2.90.